The number of aryl methyl sites for hydroxylation is 1. The Labute approximate surface area is 128 Å². The van der Waals surface area contributed by atoms with E-state index in [-0.39, 0.29) is 17.8 Å². The van der Waals surface area contributed by atoms with Crippen molar-refractivity contribution in [1.29, 1.82) is 0 Å². The van der Waals surface area contributed by atoms with Gasteiger partial charge in [0.15, 0.2) is 0 Å². The van der Waals surface area contributed by atoms with E-state index in [1.54, 1.807) is 0 Å². The molecular weight excluding hydrogens is 282 g/mol. The van der Waals surface area contributed by atoms with E-state index in [1.807, 2.05) is 25.1 Å². The van der Waals surface area contributed by atoms with E-state index in [0.29, 0.717) is 18.7 Å². The van der Waals surface area contributed by atoms with Crippen molar-refractivity contribution < 1.29 is 18.7 Å². The number of benzene rings is 1. The van der Waals surface area contributed by atoms with Crippen molar-refractivity contribution in [3.63, 3.8) is 0 Å². The molecule has 1 N–H and O–H groups in total. The summed E-state index contributed by atoms with van der Waals surface area (Å²) >= 11 is 0. The lowest BCUT2D eigenvalue weighted by Crippen LogP contribution is -2.24. The molecule has 3 rings (SSSR count). The molecule has 1 aliphatic rings. The third kappa shape index (κ3) is 2.71. The number of furan rings is 1. The summed E-state index contributed by atoms with van der Waals surface area (Å²) in [7, 11) is 0. The molecule has 22 heavy (non-hydrogen) atoms. The maximum atomic E-state index is 11.9. The van der Waals surface area contributed by atoms with Crippen LogP contribution in [0.1, 0.15) is 31.6 Å². The van der Waals surface area contributed by atoms with Crippen LogP contribution in [-0.4, -0.2) is 18.5 Å². The number of rotatable bonds is 3. The molecule has 2 aromatic rings. The van der Waals surface area contributed by atoms with E-state index < -0.39 is 0 Å². The van der Waals surface area contributed by atoms with Gasteiger partial charge in [-0.1, -0.05) is 0 Å². The number of carbonyl (C=O) groups is 2. The van der Waals surface area contributed by atoms with Gasteiger partial charge in [0.25, 0.3) is 0 Å². The van der Waals surface area contributed by atoms with E-state index in [9.17, 15) is 9.59 Å². The molecule has 0 radical (unpaired) electrons. The SMILES string of the molecule is CCOC(=O)C1CCc2c(oc3cc(NC(C)=O)ccc23)C1. The highest BCUT2D eigenvalue weighted by Gasteiger charge is 2.29. The molecule has 1 aliphatic carbocycles. The van der Waals surface area contributed by atoms with Gasteiger partial charge in [-0.15, -0.1) is 0 Å². The predicted molar refractivity (Wildman–Crippen MR) is 82.7 cm³/mol. The lowest BCUT2D eigenvalue weighted by Gasteiger charge is -2.19. The highest BCUT2D eigenvalue weighted by atomic mass is 16.5. The van der Waals surface area contributed by atoms with Crippen molar-refractivity contribution in [2.45, 2.75) is 33.1 Å². The van der Waals surface area contributed by atoms with E-state index in [4.69, 9.17) is 9.15 Å². The van der Waals surface area contributed by atoms with Gasteiger partial charge < -0.3 is 14.5 Å². The van der Waals surface area contributed by atoms with Gasteiger partial charge in [0.2, 0.25) is 5.91 Å². The van der Waals surface area contributed by atoms with Crippen LogP contribution in [0.2, 0.25) is 0 Å². The molecule has 1 aromatic heterocycles. The molecule has 0 aliphatic heterocycles. The number of anilines is 1. The van der Waals surface area contributed by atoms with E-state index in [2.05, 4.69) is 5.32 Å². The minimum Gasteiger partial charge on any atom is -0.466 e. The quantitative estimate of drug-likeness (QED) is 0.885. The third-order valence-electron chi connectivity index (χ3n) is 3.99. The molecule has 5 nitrogen and oxygen atoms in total. The fourth-order valence-electron chi connectivity index (χ4n) is 3.03. The zero-order valence-corrected chi connectivity index (χ0v) is 12.8. The smallest absolute Gasteiger partial charge is 0.309 e. The normalized spacial score (nSPS) is 17.1. The largest absolute Gasteiger partial charge is 0.466 e. The summed E-state index contributed by atoms with van der Waals surface area (Å²) in [5, 5.41) is 3.81. The Morgan fingerprint density at radius 2 is 2.23 bits per heavy atom. The molecule has 1 atom stereocenters. The zero-order valence-electron chi connectivity index (χ0n) is 12.8. The Morgan fingerprint density at radius 3 is 2.95 bits per heavy atom. The predicted octanol–water partition coefficient (Wildman–Crippen LogP) is 3.06. The maximum Gasteiger partial charge on any atom is 0.309 e. The Bertz CT molecular complexity index is 732. The molecule has 0 fully saturated rings. The molecule has 0 bridgehead atoms. The first-order valence-electron chi connectivity index (χ1n) is 7.57. The average molecular weight is 301 g/mol. The lowest BCUT2D eigenvalue weighted by molar-refractivity contribution is -0.148. The summed E-state index contributed by atoms with van der Waals surface area (Å²) in [6.07, 6.45) is 2.18. The van der Waals surface area contributed by atoms with Gasteiger partial charge in [0.1, 0.15) is 11.3 Å². The summed E-state index contributed by atoms with van der Waals surface area (Å²) in [4.78, 5) is 23.0. The summed E-state index contributed by atoms with van der Waals surface area (Å²) in [6, 6.07) is 5.67. The molecule has 1 unspecified atom stereocenters. The Hall–Kier alpha value is -2.30. The summed E-state index contributed by atoms with van der Waals surface area (Å²) in [5.41, 5.74) is 2.64. The standard InChI is InChI=1S/C17H19NO4/c1-3-21-17(20)11-4-6-13-14-7-5-12(18-10(2)19)9-16(14)22-15(13)8-11/h5,7,9,11H,3-4,6,8H2,1-2H3,(H,18,19). The fourth-order valence-corrected chi connectivity index (χ4v) is 3.03. The van der Waals surface area contributed by atoms with Gasteiger partial charge in [-0.3, -0.25) is 9.59 Å². The van der Waals surface area contributed by atoms with Crippen LogP contribution < -0.4 is 5.32 Å². The van der Waals surface area contributed by atoms with Crippen LogP contribution in [0.3, 0.4) is 0 Å². The summed E-state index contributed by atoms with van der Waals surface area (Å²) in [6.45, 7) is 3.70. The van der Waals surface area contributed by atoms with Crippen molar-refractivity contribution >= 4 is 28.5 Å². The lowest BCUT2D eigenvalue weighted by atomic mass is 9.87. The molecule has 116 valence electrons. The number of hydrogen-bond donors (Lipinski definition) is 1. The first kappa shape index (κ1) is 14.6. The number of ether oxygens (including phenoxy) is 1. The highest BCUT2D eigenvalue weighted by Crippen LogP contribution is 2.35. The highest BCUT2D eigenvalue weighted by molar-refractivity contribution is 5.93. The van der Waals surface area contributed by atoms with Crippen LogP contribution in [-0.2, 0) is 27.2 Å². The van der Waals surface area contributed by atoms with Crippen LogP contribution in [0, 0.1) is 5.92 Å². The molecule has 0 saturated carbocycles. The van der Waals surface area contributed by atoms with Crippen molar-refractivity contribution in [3.8, 4) is 0 Å². The Morgan fingerprint density at radius 1 is 1.41 bits per heavy atom. The minimum atomic E-state index is -0.146. The molecule has 1 amide bonds. The van der Waals surface area contributed by atoms with E-state index in [1.165, 1.54) is 12.5 Å². The van der Waals surface area contributed by atoms with Gasteiger partial charge in [-0.25, -0.2) is 0 Å². The number of amides is 1. The topological polar surface area (TPSA) is 68.5 Å². The molecule has 0 saturated heterocycles. The number of carbonyl (C=O) groups excluding carboxylic acids is 2. The Balaban J connectivity index is 1.89. The third-order valence-corrected chi connectivity index (χ3v) is 3.99. The van der Waals surface area contributed by atoms with Crippen molar-refractivity contribution in [2.24, 2.45) is 5.92 Å². The second-order valence-corrected chi connectivity index (χ2v) is 5.59. The van der Waals surface area contributed by atoms with Gasteiger partial charge in [-0.2, -0.15) is 0 Å². The van der Waals surface area contributed by atoms with Gasteiger partial charge in [-0.05, 0) is 31.9 Å². The summed E-state index contributed by atoms with van der Waals surface area (Å²) in [5.74, 6) is 0.479. The van der Waals surface area contributed by atoms with E-state index >= 15 is 0 Å². The van der Waals surface area contributed by atoms with Gasteiger partial charge >= 0.3 is 5.97 Å². The van der Waals surface area contributed by atoms with Crippen molar-refractivity contribution in [2.75, 3.05) is 11.9 Å². The number of hydrogen-bond acceptors (Lipinski definition) is 4. The second kappa shape index (κ2) is 5.83. The zero-order chi connectivity index (χ0) is 15.7. The average Bonchev–Trinajstić information content (AvgIpc) is 2.83. The molecule has 0 spiro atoms. The van der Waals surface area contributed by atoms with Crippen molar-refractivity contribution in [3.05, 3.63) is 29.5 Å². The monoisotopic (exact) mass is 301 g/mol. The minimum absolute atomic E-state index is 0.113. The molecular formula is C17H19NO4. The molecule has 1 heterocycles. The van der Waals surface area contributed by atoms with Crippen LogP contribution in [0.5, 0.6) is 0 Å². The number of nitrogens with one attached hydrogen (secondary N) is 1. The molecule has 5 heteroatoms. The maximum absolute atomic E-state index is 11.9. The molecule has 1 aromatic carbocycles. The van der Waals surface area contributed by atoms with Crippen LogP contribution in [0.4, 0.5) is 5.69 Å². The van der Waals surface area contributed by atoms with Crippen LogP contribution in [0.15, 0.2) is 22.6 Å². The second-order valence-electron chi connectivity index (χ2n) is 5.59. The number of fused-ring (bicyclic) bond motifs is 3. The van der Waals surface area contributed by atoms with Crippen molar-refractivity contribution in [1.82, 2.24) is 0 Å². The van der Waals surface area contributed by atoms with E-state index in [0.717, 1.165) is 29.6 Å². The van der Waals surface area contributed by atoms with Crippen LogP contribution >= 0.6 is 0 Å². The first-order chi connectivity index (χ1) is 10.6. The van der Waals surface area contributed by atoms with Crippen LogP contribution in [0.25, 0.3) is 11.0 Å². The first-order valence-corrected chi connectivity index (χ1v) is 7.57. The Kier molecular flexibility index (Phi) is 3.88. The van der Waals surface area contributed by atoms with Gasteiger partial charge in [0, 0.05) is 36.0 Å². The van der Waals surface area contributed by atoms with Gasteiger partial charge in [0.05, 0.1) is 12.5 Å². The summed E-state index contributed by atoms with van der Waals surface area (Å²) < 4.78 is 11.0. The number of esters is 1. The fraction of sp³-hybridized carbons (Fsp3) is 0.412.